The topological polar surface area (TPSA) is 32.6 Å². The van der Waals surface area contributed by atoms with Gasteiger partial charge >= 0.3 is 0 Å². The number of rotatable bonds is 3. The van der Waals surface area contributed by atoms with E-state index in [1.807, 2.05) is 20.8 Å². The number of aliphatic imine (C=N–C) groups is 1. The quantitative estimate of drug-likeness (QED) is 0.309. The number of halogens is 5. The molecule has 0 bridgehead atoms. The third kappa shape index (κ3) is 3.43. The number of phenols is 1. The zero-order valence-corrected chi connectivity index (χ0v) is 14.7. The Bertz CT molecular complexity index is 855. The van der Waals surface area contributed by atoms with E-state index in [1.54, 1.807) is 19.1 Å². The minimum atomic E-state index is -2.24. The third-order valence-electron chi connectivity index (χ3n) is 3.92. The minimum absolute atomic E-state index is 0.00296. The molecular weight excluding hydrogens is 353 g/mol. The summed E-state index contributed by atoms with van der Waals surface area (Å²) in [5.74, 6) is -10.5. The number of aromatic hydroxyl groups is 1. The minimum Gasteiger partial charge on any atom is -0.507 e. The molecule has 0 aliphatic heterocycles. The Morgan fingerprint density at radius 3 is 1.88 bits per heavy atom. The molecule has 0 heterocycles. The van der Waals surface area contributed by atoms with Crippen LogP contribution < -0.4 is 0 Å². The first-order chi connectivity index (χ1) is 12.0. The van der Waals surface area contributed by atoms with Gasteiger partial charge in [0.25, 0.3) is 0 Å². The van der Waals surface area contributed by atoms with Gasteiger partial charge in [0, 0.05) is 5.56 Å². The Balaban J connectivity index is 2.73. The van der Waals surface area contributed by atoms with E-state index in [9.17, 15) is 27.1 Å². The Labute approximate surface area is 148 Å². The van der Waals surface area contributed by atoms with Crippen molar-refractivity contribution >= 4 is 11.4 Å². The van der Waals surface area contributed by atoms with Crippen molar-refractivity contribution in [2.75, 3.05) is 0 Å². The maximum absolute atomic E-state index is 13.9. The van der Waals surface area contributed by atoms with Gasteiger partial charge in [-0.2, -0.15) is 0 Å². The van der Waals surface area contributed by atoms with Crippen LogP contribution in [0.2, 0.25) is 0 Å². The molecule has 0 saturated carbocycles. The Morgan fingerprint density at radius 2 is 1.42 bits per heavy atom. The second kappa shape index (κ2) is 7.05. The smallest absolute Gasteiger partial charge is 0.200 e. The van der Waals surface area contributed by atoms with E-state index in [-0.39, 0.29) is 23.4 Å². The van der Waals surface area contributed by atoms with Gasteiger partial charge in [-0.3, -0.25) is 0 Å². The molecule has 0 radical (unpaired) electrons. The van der Waals surface area contributed by atoms with Crippen LogP contribution in [-0.4, -0.2) is 10.8 Å². The number of phenolic OH excluding ortho intramolecular Hbond substituents is 1. The fourth-order valence-corrected chi connectivity index (χ4v) is 2.54. The van der Waals surface area contributed by atoms with Crippen LogP contribution in [0.5, 0.6) is 5.75 Å². The SMILES string of the molecule is CCC(=Nc1c(F)c(F)c(F)c(F)c1F)c1cccc(C(C)(C)C)c1O. The Kier molecular flexibility index (Phi) is 5.39. The number of hydrogen-bond acceptors (Lipinski definition) is 2. The summed E-state index contributed by atoms with van der Waals surface area (Å²) in [4.78, 5) is 3.65. The fourth-order valence-electron chi connectivity index (χ4n) is 2.54. The molecule has 2 nitrogen and oxygen atoms in total. The zero-order chi connectivity index (χ0) is 19.8. The fraction of sp³-hybridized carbons (Fsp3) is 0.316. The van der Waals surface area contributed by atoms with Crippen molar-refractivity contribution in [3.05, 3.63) is 58.4 Å². The van der Waals surface area contributed by atoms with E-state index in [0.717, 1.165) is 0 Å². The van der Waals surface area contributed by atoms with Crippen LogP contribution in [0.4, 0.5) is 27.6 Å². The Hall–Kier alpha value is -2.44. The molecule has 2 rings (SSSR count). The highest BCUT2D eigenvalue weighted by atomic mass is 19.2. The van der Waals surface area contributed by atoms with Gasteiger partial charge in [0.1, 0.15) is 11.4 Å². The van der Waals surface area contributed by atoms with Crippen molar-refractivity contribution in [3.8, 4) is 5.75 Å². The van der Waals surface area contributed by atoms with E-state index in [0.29, 0.717) is 5.56 Å². The van der Waals surface area contributed by atoms with Gasteiger partial charge in [0.05, 0.1) is 5.71 Å². The molecule has 0 unspecified atom stereocenters. The molecule has 7 heteroatoms. The summed E-state index contributed by atoms with van der Waals surface area (Å²) < 4.78 is 67.7. The maximum Gasteiger partial charge on any atom is 0.200 e. The third-order valence-corrected chi connectivity index (χ3v) is 3.92. The van der Waals surface area contributed by atoms with Crippen LogP contribution in [0.3, 0.4) is 0 Å². The van der Waals surface area contributed by atoms with Crippen molar-refractivity contribution in [3.63, 3.8) is 0 Å². The second-order valence-electron chi connectivity index (χ2n) is 6.78. The summed E-state index contributed by atoms with van der Waals surface area (Å²) in [5, 5.41) is 10.5. The van der Waals surface area contributed by atoms with Crippen molar-refractivity contribution in [2.45, 2.75) is 39.5 Å². The highest BCUT2D eigenvalue weighted by Gasteiger charge is 2.27. The molecule has 1 N–H and O–H groups in total. The van der Waals surface area contributed by atoms with Crippen LogP contribution in [0, 0.1) is 29.1 Å². The molecule has 140 valence electrons. The molecule has 0 aliphatic rings. The predicted molar refractivity (Wildman–Crippen MR) is 89.5 cm³/mol. The van der Waals surface area contributed by atoms with Crippen LogP contribution in [0.15, 0.2) is 23.2 Å². The second-order valence-corrected chi connectivity index (χ2v) is 6.78. The monoisotopic (exact) mass is 371 g/mol. The van der Waals surface area contributed by atoms with Crippen LogP contribution >= 0.6 is 0 Å². The van der Waals surface area contributed by atoms with Gasteiger partial charge in [-0.05, 0) is 23.5 Å². The standard InChI is InChI=1S/C19H18F5NO/c1-5-11(9-7-6-8-10(18(9)26)19(2,3)4)25-17-15(23)13(21)12(20)14(22)16(17)24/h6-8,26H,5H2,1-4H3. The number of nitrogens with zero attached hydrogens (tertiary/aromatic N) is 1. The average Bonchev–Trinajstić information content (AvgIpc) is 2.58. The molecule has 0 spiro atoms. The number of benzene rings is 2. The first-order valence-electron chi connectivity index (χ1n) is 7.92. The summed E-state index contributed by atoms with van der Waals surface area (Å²) in [5.41, 5.74) is -0.975. The van der Waals surface area contributed by atoms with Gasteiger partial charge in [0.15, 0.2) is 23.3 Å². The molecule has 0 aliphatic carbocycles. The molecule has 0 aromatic heterocycles. The van der Waals surface area contributed by atoms with Crippen molar-refractivity contribution in [2.24, 2.45) is 4.99 Å². The van der Waals surface area contributed by atoms with Gasteiger partial charge in [-0.25, -0.2) is 26.9 Å². The van der Waals surface area contributed by atoms with Gasteiger partial charge in [0.2, 0.25) is 5.82 Å². The lowest BCUT2D eigenvalue weighted by Crippen LogP contribution is -2.13. The molecule has 0 atom stereocenters. The first-order valence-corrected chi connectivity index (χ1v) is 7.92. The van der Waals surface area contributed by atoms with E-state index >= 15 is 0 Å². The van der Waals surface area contributed by atoms with Gasteiger partial charge in [-0.15, -0.1) is 0 Å². The molecule has 2 aromatic carbocycles. The lowest BCUT2D eigenvalue weighted by Gasteiger charge is -2.22. The molecule has 0 saturated heterocycles. The van der Waals surface area contributed by atoms with Crippen LogP contribution in [-0.2, 0) is 5.41 Å². The van der Waals surface area contributed by atoms with Crippen molar-refractivity contribution in [1.82, 2.24) is 0 Å². The largest absolute Gasteiger partial charge is 0.507 e. The molecule has 0 fully saturated rings. The highest BCUT2D eigenvalue weighted by Crippen LogP contribution is 2.35. The predicted octanol–water partition coefficient (Wildman–Crippen LogP) is 5.92. The van der Waals surface area contributed by atoms with Gasteiger partial charge in [-0.1, -0.05) is 39.8 Å². The van der Waals surface area contributed by atoms with Crippen molar-refractivity contribution in [1.29, 1.82) is 0 Å². The van der Waals surface area contributed by atoms with Crippen LogP contribution in [0.1, 0.15) is 45.2 Å². The highest BCUT2D eigenvalue weighted by molar-refractivity contribution is 6.04. The molecule has 2 aromatic rings. The summed E-state index contributed by atoms with van der Waals surface area (Å²) in [6, 6.07) is 4.78. The first kappa shape index (κ1) is 19.9. The van der Waals surface area contributed by atoms with E-state index in [1.165, 1.54) is 6.07 Å². The molecular formula is C19H18F5NO. The molecule has 26 heavy (non-hydrogen) atoms. The lowest BCUT2D eigenvalue weighted by molar-refractivity contribution is 0.381. The van der Waals surface area contributed by atoms with E-state index in [4.69, 9.17) is 0 Å². The summed E-state index contributed by atoms with van der Waals surface area (Å²) in [6.07, 6.45) is 0.0979. The lowest BCUT2D eigenvalue weighted by atomic mass is 9.84. The summed E-state index contributed by atoms with van der Waals surface area (Å²) in [6.45, 7) is 7.17. The van der Waals surface area contributed by atoms with Crippen molar-refractivity contribution < 1.29 is 27.1 Å². The Morgan fingerprint density at radius 1 is 0.923 bits per heavy atom. The van der Waals surface area contributed by atoms with E-state index < -0.39 is 40.2 Å². The average molecular weight is 371 g/mol. The van der Waals surface area contributed by atoms with E-state index in [2.05, 4.69) is 4.99 Å². The van der Waals surface area contributed by atoms with Gasteiger partial charge < -0.3 is 5.11 Å². The summed E-state index contributed by atoms with van der Waals surface area (Å²) >= 11 is 0. The summed E-state index contributed by atoms with van der Waals surface area (Å²) in [7, 11) is 0. The normalized spacial score (nSPS) is 12.6. The number of hydrogen-bond donors (Lipinski definition) is 1. The zero-order valence-electron chi connectivity index (χ0n) is 14.7. The molecule has 0 amide bonds. The van der Waals surface area contributed by atoms with Crippen LogP contribution in [0.25, 0.3) is 0 Å². The number of para-hydroxylation sites is 1. The maximum atomic E-state index is 13.9.